The van der Waals surface area contributed by atoms with Crippen molar-refractivity contribution < 1.29 is 14.3 Å². The van der Waals surface area contributed by atoms with Crippen LogP contribution in [0.4, 0.5) is 0 Å². The van der Waals surface area contributed by atoms with E-state index in [2.05, 4.69) is 22.9 Å². The van der Waals surface area contributed by atoms with Gasteiger partial charge in [0.1, 0.15) is 5.60 Å². The van der Waals surface area contributed by atoms with Crippen LogP contribution in [0.1, 0.15) is 58.9 Å². The molecule has 0 saturated carbocycles. The Balaban J connectivity index is 2.41. The summed E-state index contributed by atoms with van der Waals surface area (Å²) in [6, 6.07) is 8.10. The van der Waals surface area contributed by atoms with E-state index < -0.39 is 5.60 Å². The summed E-state index contributed by atoms with van der Waals surface area (Å²) in [6.45, 7) is 8.37. The van der Waals surface area contributed by atoms with E-state index in [4.69, 9.17) is 9.47 Å². The molecule has 1 aromatic rings. The third kappa shape index (κ3) is 8.54. The quantitative estimate of drug-likeness (QED) is 0.585. The average Bonchev–Trinajstić information content (AvgIpc) is 2.42. The standard InChI is InChI=1S/C18H27BrO3/c1-5-6-16(11-12-17(20)22-18(2,3)4)21-13-14-7-9-15(19)10-8-14/h7-10,16H,5-6,11-13H2,1-4H3/t16-/m1/s1. The van der Waals surface area contributed by atoms with Gasteiger partial charge in [0.15, 0.2) is 0 Å². The van der Waals surface area contributed by atoms with E-state index in [0.717, 1.165) is 22.9 Å². The highest BCUT2D eigenvalue weighted by Crippen LogP contribution is 2.17. The molecule has 22 heavy (non-hydrogen) atoms. The van der Waals surface area contributed by atoms with Crippen LogP contribution in [0.3, 0.4) is 0 Å². The van der Waals surface area contributed by atoms with E-state index in [9.17, 15) is 4.79 Å². The molecule has 0 aliphatic rings. The van der Waals surface area contributed by atoms with Crippen LogP contribution in [0.2, 0.25) is 0 Å². The zero-order chi connectivity index (χ0) is 16.6. The van der Waals surface area contributed by atoms with Crippen molar-refractivity contribution in [2.24, 2.45) is 0 Å². The zero-order valence-corrected chi connectivity index (χ0v) is 15.6. The molecule has 0 aliphatic heterocycles. The second-order valence-corrected chi connectivity index (χ2v) is 7.39. The first kappa shape index (κ1) is 19.2. The van der Waals surface area contributed by atoms with Crippen LogP contribution in [0.25, 0.3) is 0 Å². The van der Waals surface area contributed by atoms with Gasteiger partial charge >= 0.3 is 5.97 Å². The van der Waals surface area contributed by atoms with Crippen molar-refractivity contribution in [1.82, 2.24) is 0 Å². The summed E-state index contributed by atoms with van der Waals surface area (Å²) in [5.41, 5.74) is 0.719. The molecule has 0 aromatic heterocycles. The Hall–Kier alpha value is -0.870. The Kier molecular flexibility index (Phi) is 8.12. The molecule has 0 unspecified atom stereocenters. The van der Waals surface area contributed by atoms with Crippen LogP contribution in [0, 0.1) is 0 Å². The number of benzene rings is 1. The number of halogens is 1. The van der Waals surface area contributed by atoms with Crippen molar-refractivity contribution in [1.29, 1.82) is 0 Å². The van der Waals surface area contributed by atoms with Gasteiger partial charge in [-0.2, -0.15) is 0 Å². The molecule has 0 radical (unpaired) electrons. The molecule has 0 amide bonds. The van der Waals surface area contributed by atoms with Crippen molar-refractivity contribution in [3.8, 4) is 0 Å². The van der Waals surface area contributed by atoms with Gasteiger partial charge in [-0.25, -0.2) is 0 Å². The number of hydrogen-bond donors (Lipinski definition) is 0. The second-order valence-electron chi connectivity index (χ2n) is 6.47. The Morgan fingerprint density at radius 1 is 1.18 bits per heavy atom. The zero-order valence-electron chi connectivity index (χ0n) is 14.0. The third-order valence-corrected chi connectivity index (χ3v) is 3.63. The maximum Gasteiger partial charge on any atom is 0.306 e. The molecule has 0 aliphatic carbocycles. The lowest BCUT2D eigenvalue weighted by atomic mass is 10.1. The molecule has 124 valence electrons. The molecular formula is C18H27BrO3. The molecule has 4 heteroatoms. The summed E-state index contributed by atoms with van der Waals surface area (Å²) < 4.78 is 12.4. The minimum atomic E-state index is -0.421. The molecule has 3 nitrogen and oxygen atoms in total. The molecule has 1 rings (SSSR count). The maximum absolute atomic E-state index is 11.8. The van der Waals surface area contributed by atoms with Gasteiger partial charge in [0.2, 0.25) is 0 Å². The van der Waals surface area contributed by atoms with E-state index in [0.29, 0.717) is 19.4 Å². The van der Waals surface area contributed by atoms with Crippen LogP contribution >= 0.6 is 15.9 Å². The van der Waals surface area contributed by atoms with Crippen molar-refractivity contribution in [3.05, 3.63) is 34.3 Å². The molecule has 0 N–H and O–H groups in total. The van der Waals surface area contributed by atoms with Crippen molar-refractivity contribution in [2.75, 3.05) is 0 Å². The van der Waals surface area contributed by atoms with E-state index in [1.165, 1.54) is 0 Å². The number of carbonyl (C=O) groups is 1. The Morgan fingerprint density at radius 2 is 1.82 bits per heavy atom. The normalized spacial score (nSPS) is 13.0. The Bertz CT molecular complexity index is 448. The summed E-state index contributed by atoms with van der Waals surface area (Å²) in [7, 11) is 0. The largest absolute Gasteiger partial charge is 0.460 e. The minimum Gasteiger partial charge on any atom is -0.460 e. The highest BCUT2D eigenvalue weighted by Gasteiger charge is 2.18. The van der Waals surface area contributed by atoms with Gasteiger partial charge in [0, 0.05) is 10.9 Å². The van der Waals surface area contributed by atoms with E-state index in [-0.39, 0.29) is 12.1 Å². The molecule has 0 spiro atoms. The van der Waals surface area contributed by atoms with Gasteiger partial charge in [-0.3, -0.25) is 4.79 Å². The second kappa shape index (κ2) is 9.31. The smallest absolute Gasteiger partial charge is 0.306 e. The molecule has 0 fully saturated rings. The predicted molar refractivity (Wildman–Crippen MR) is 92.7 cm³/mol. The van der Waals surface area contributed by atoms with E-state index >= 15 is 0 Å². The first-order chi connectivity index (χ1) is 10.3. The summed E-state index contributed by atoms with van der Waals surface area (Å²) in [4.78, 5) is 11.8. The summed E-state index contributed by atoms with van der Waals surface area (Å²) in [5, 5.41) is 0. The van der Waals surface area contributed by atoms with Gasteiger partial charge in [-0.1, -0.05) is 41.4 Å². The summed E-state index contributed by atoms with van der Waals surface area (Å²) in [5.74, 6) is -0.152. The fraction of sp³-hybridized carbons (Fsp3) is 0.611. The molecule has 0 saturated heterocycles. The van der Waals surface area contributed by atoms with Crippen LogP contribution in [0.15, 0.2) is 28.7 Å². The average molecular weight is 371 g/mol. The van der Waals surface area contributed by atoms with Crippen molar-refractivity contribution in [3.63, 3.8) is 0 Å². The monoisotopic (exact) mass is 370 g/mol. The molecule has 0 bridgehead atoms. The molecule has 0 heterocycles. The van der Waals surface area contributed by atoms with Crippen LogP contribution in [-0.4, -0.2) is 17.7 Å². The van der Waals surface area contributed by atoms with Crippen molar-refractivity contribution in [2.45, 2.75) is 71.7 Å². The van der Waals surface area contributed by atoms with Crippen molar-refractivity contribution >= 4 is 21.9 Å². The number of carbonyl (C=O) groups excluding carboxylic acids is 1. The van der Waals surface area contributed by atoms with Gasteiger partial charge in [-0.05, 0) is 51.3 Å². The SMILES string of the molecule is CCC[C@H](CCC(=O)OC(C)(C)C)OCc1ccc(Br)cc1. The fourth-order valence-corrected chi connectivity index (χ4v) is 2.36. The third-order valence-electron chi connectivity index (χ3n) is 3.10. The number of ether oxygens (including phenoxy) is 2. The van der Waals surface area contributed by atoms with Crippen LogP contribution < -0.4 is 0 Å². The first-order valence-electron chi connectivity index (χ1n) is 7.88. The van der Waals surface area contributed by atoms with Crippen LogP contribution in [0.5, 0.6) is 0 Å². The fourth-order valence-electron chi connectivity index (χ4n) is 2.10. The highest BCUT2D eigenvalue weighted by atomic mass is 79.9. The topological polar surface area (TPSA) is 35.5 Å². The predicted octanol–water partition coefficient (Wildman–Crippen LogP) is 5.26. The lowest BCUT2D eigenvalue weighted by molar-refractivity contribution is -0.155. The van der Waals surface area contributed by atoms with Gasteiger partial charge in [0.05, 0.1) is 12.7 Å². The highest BCUT2D eigenvalue weighted by molar-refractivity contribution is 9.10. The lowest BCUT2D eigenvalue weighted by Gasteiger charge is -2.21. The van der Waals surface area contributed by atoms with E-state index in [1.54, 1.807) is 0 Å². The van der Waals surface area contributed by atoms with Gasteiger partial charge < -0.3 is 9.47 Å². The summed E-state index contributed by atoms with van der Waals surface area (Å²) >= 11 is 3.42. The number of hydrogen-bond acceptors (Lipinski definition) is 3. The Morgan fingerprint density at radius 3 is 2.36 bits per heavy atom. The first-order valence-corrected chi connectivity index (χ1v) is 8.67. The summed E-state index contributed by atoms with van der Waals surface area (Å²) in [6.07, 6.45) is 3.21. The number of rotatable bonds is 8. The van der Waals surface area contributed by atoms with Crippen LogP contribution in [-0.2, 0) is 20.9 Å². The van der Waals surface area contributed by atoms with Gasteiger partial charge in [-0.15, -0.1) is 0 Å². The number of esters is 1. The molecular weight excluding hydrogens is 344 g/mol. The molecule has 1 aromatic carbocycles. The minimum absolute atomic E-state index is 0.0983. The molecule has 1 atom stereocenters. The van der Waals surface area contributed by atoms with Gasteiger partial charge in [0.25, 0.3) is 0 Å². The maximum atomic E-state index is 11.8. The van der Waals surface area contributed by atoms with E-state index in [1.807, 2.05) is 45.0 Å². The lowest BCUT2D eigenvalue weighted by Crippen LogP contribution is -2.25. The Labute approximate surface area is 142 Å².